The van der Waals surface area contributed by atoms with E-state index in [4.69, 9.17) is 45.3 Å². The maximum absolute atomic E-state index is 10.1. The van der Waals surface area contributed by atoms with E-state index in [2.05, 4.69) is 21.4 Å². The molecule has 0 bridgehead atoms. The molecule has 43 heavy (non-hydrogen) atoms. The molecule has 1 aromatic carbocycles. The summed E-state index contributed by atoms with van der Waals surface area (Å²) in [6, 6.07) is 9.31. The Morgan fingerprint density at radius 3 is 2.74 bits per heavy atom. The highest BCUT2D eigenvalue weighted by molar-refractivity contribution is 6.33. The minimum atomic E-state index is -0.652. The van der Waals surface area contributed by atoms with E-state index in [1.54, 1.807) is 25.2 Å². The van der Waals surface area contributed by atoms with Gasteiger partial charge in [-0.1, -0.05) is 16.8 Å². The van der Waals surface area contributed by atoms with Crippen LogP contribution in [0.5, 0.6) is 11.6 Å². The van der Waals surface area contributed by atoms with Gasteiger partial charge in [0.25, 0.3) is 0 Å². The fourth-order valence-corrected chi connectivity index (χ4v) is 5.68. The van der Waals surface area contributed by atoms with Crippen LogP contribution in [0.4, 0.5) is 5.82 Å². The van der Waals surface area contributed by atoms with Crippen LogP contribution in [-0.4, -0.2) is 70.8 Å². The third-order valence-corrected chi connectivity index (χ3v) is 8.00. The van der Waals surface area contributed by atoms with Gasteiger partial charge < -0.3 is 34.1 Å². The van der Waals surface area contributed by atoms with Gasteiger partial charge in [-0.25, -0.2) is 15.0 Å². The zero-order chi connectivity index (χ0) is 30.1. The Bertz CT molecular complexity index is 1600. The summed E-state index contributed by atoms with van der Waals surface area (Å²) < 4.78 is 22.9. The molecule has 2 aliphatic rings. The van der Waals surface area contributed by atoms with E-state index in [-0.39, 0.29) is 12.7 Å². The van der Waals surface area contributed by atoms with Gasteiger partial charge in [0.05, 0.1) is 47.4 Å². The van der Waals surface area contributed by atoms with Gasteiger partial charge in [-0.2, -0.15) is 0 Å². The van der Waals surface area contributed by atoms with E-state index in [0.29, 0.717) is 66.6 Å². The van der Waals surface area contributed by atoms with Crippen molar-refractivity contribution in [3.8, 4) is 34.3 Å². The lowest BCUT2D eigenvalue weighted by Gasteiger charge is -2.22. The van der Waals surface area contributed by atoms with Gasteiger partial charge in [0, 0.05) is 36.7 Å². The minimum absolute atomic E-state index is 0.0309. The Kier molecular flexibility index (Phi) is 8.49. The normalized spacial score (nSPS) is 16.9. The summed E-state index contributed by atoms with van der Waals surface area (Å²) in [5.41, 5.74) is 5.85. The maximum atomic E-state index is 10.1. The molecule has 3 aromatic heterocycles. The first kappa shape index (κ1) is 29.3. The molecule has 4 aromatic rings. The van der Waals surface area contributed by atoms with E-state index in [1.165, 1.54) is 0 Å². The van der Waals surface area contributed by atoms with E-state index in [0.717, 1.165) is 46.0 Å². The number of aryl methyl sites for hydroxylation is 2. The number of aliphatic hydroxyl groups excluding tert-OH is 1. The quantitative estimate of drug-likeness (QED) is 0.266. The number of halogens is 1. The summed E-state index contributed by atoms with van der Waals surface area (Å²) in [5.74, 6) is 3.03. The minimum Gasteiger partial charge on any atom is -0.491 e. The molecule has 226 valence electrons. The predicted octanol–water partition coefficient (Wildman–Crippen LogP) is 4.42. The van der Waals surface area contributed by atoms with Crippen LogP contribution in [0.25, 0.3) is 22.6 Å². The molecule has 1 fully saturated rings. The molecule has 0 unspecified atom stereocenters. The van der Waals surface area contributed by atoms with Crippen LogP contribution in [0.2, 0.25) is 5.02 Å². The third-order valence-electron chi connectivity index (χ3n) is 7.67. The Labute approximate surface area is 255 Å². The number of nitrogens with one attached hydrogen (secondary N) is 1. The molecule has 2 atom stereocenters. The third kappa shape index (κ3) is 6.16. The van der Waals surface area contributed by atoms with Crippen molar-refractivity contribution in [2.75, 3.05) is 38.3 Å². The highest BCUT2D eigenvalue weighted by atomic mass is 35.5. The molecule has 11 nitrogen and oxygen atoms in total. The monoisotopic (exact) mass is 606 g/mol. The first-order valence-corrected chi connectivity index (χ1v) is 14.7. The molecule has 6 rings (SSSR count). The summed E-state index contributed by atoms with van der Waals surface area (Å²) in [6.07, 6.45) is 0.243. The number of aliphatic hydroxyl groups is 1. The summed E-state index contributed by atoms with van der Waals surface area (Å²) >= 11 is 6.72. The van der Waals surface area contributed by atoms with Crippen LogP contribution in [-0.2, 0) is 17.8 Å². The van der Waals surface area contributed by atoms with E-state index >= 15 is 0 Å². The van der Waals surface area contributed by atoms with Crippen LogP contribution in [0, 0.1) is 20.8 Å². The Morgan fingerprint density at radius 1 is 1.14 bits per heavy atom. The number of anilines is 1. The first-order chi connectivity index (χ1) is 20.8. The lowest BCUT2D eigenvalue weighted by atomic mass is 10.0. The number of hydrogen-bond donors (Lipinski definition) is 2. The summed E-state index contributed by atoms with van der Waals surface area (Å²) in [5, 5.41) is 17.7. The van der Waals surface area contributed by atoms with Gasteiger partial charge in [0.2, 0.25) is 5.88 Å². The smallest absolute Gasteiger partial charge is 0.213 e. The summed E-state index contributed by atoms with van der Waals surface area (Å²) in [4.78, 5) is 17.1. The topological polar surface area (TPSA) is 128 Å². The molecule has 5 heterocycles. The van der Waals surface area contributed by atoms with Crippen molar-refractivity contribution in [2.24, 2.45) is 0 Å². The van der Waals surface area contributed by atoms with Crippen LogP contribution in [0.15, 0.2) is 34.9 Å². The molecule has 0 saturated carbocycles. The van der Waals surface area contributed by atoms with Gasteiger partial charge in [0.1, 0.15) is 36.1 Å². The summed E-state index contributed by atoms with van der Waals surface area (Å²) in [6.45, 7) is 8.83. The molecule has 0 radical (unpaired) electrons. The fraction of sp³-hybridized carbons (Fsp3) is 0.419. The number of nitrogens with zero attached hydrogens (tertiary/aromatic N) is 5. The lowest BCUT2D eigenvalue weighted by Crippen LogP contribution is -2.29. The number of hydrogen-bond acceptors (Lipinski definition) is 11. The van der Waals surface area contributed by atoms with Gasteiger partial charge in [-0.15, -0.1) is 0 Å². The maximum Gasteiger partial charge on any atom is 0.213 e. The highest BCUT2D eigenvalue weighted by Crippen LogP contribution is 2.39. The number of rotatable bonds is 10. The van der Waals surface area contributed by atoms with Crippen LogP contribution < -0.4 is 19.7 Å². The average Bonchev–Trinajstić information content (AvgIpc) is 3.73. The Balaban J connectivity index is 1.37. The molecular formula is C31H35ClN6O5. The standard InChI is InChI=1S/C31H35ClN6O5/c1-17-29(28-18(2)37-43-19(28)3)35-30(24-11-22(6-7-25(24)32)41-15-21(39)12-33-4)36-31(17)38-13-20-5-8-27(34-26(20)14-38)42-23-9-10-40-16-23/h5-8,11,21,23,33,39H,9-10,12-16H2,1-4H3/t21-,23-/m1/s1. The molecule has 0 aliphatic carbocycles. The zero-order valence-corrected chi connectivity index (χ0v) is 25.4. The van der Waals surface area contributed by atoms with Crippen LogP contribution in [0.3, 0.4) is 0 Å². The van der Waals surface area contributed by atoms with Crippen LogP contribution >= 0.6 is 11.6 Å². The number of ether oxygens (including phenoxy) is 3. The fourth-order valence-electron chi connectivity index (χ4n) is 5.48. The second-order valence-electron chi connectivity index (χ2n) is 10.9. The second-order valence-corrected chi connectivity index (χ2v) is 11.3. The van der Waals surface area contributed by atoms with Crippen molar-refractivity contribution in [1.82, 2.24) is 25.4 Å². The predicted molar refractivity (Wildman–Crippen MR) is 162 cm³/mol. The van der Waals surface area contributed by atoms with Gasteiger partial charge >= 0.3 is 0 Å². The molecule has 0 amide bonds. The highest BCUT2D eigenvalue weighted by Gasteiger charge is 2.28. The SMILES string of the molecule is CNC[C@@H](O)COc1ccc(Cl)c(-c2nc(-c3c(C)noc3C)c(C)c(N3Cc4ccc(O[C@@H]5CCOC5)nc4C3)n2)c1. The van der Waals surface area contributed by atoms with Crippen molar-refractivity contribution in [3.05, 3.63) is 63.6 Å². The molecule has 2 aliphatic heterocycles. The van der Waals surface area contributed by atoms with Gasteiger partial charge in [0.15, 0.2) is 5.82 Å². The van der Waals surface area contributed by atoms with Crippen molar-refractivity contribution in [2.45, 2.75) is 52.5 Å². The Morgan fingerprint density at radius 2 is 2.00 bits per heavy atom. The van der Waals surface area contributed by atoms with Crippen molar-refractivity contribution >= 4 is 17.4 Å². The lowest BCUT2D eigenvalue weighted by molar-refractivity contribution is 0.108. The molecule has 2 N–H and O–H groups in total. The number of benzene rings is 1. The average molecular weight is 607 g/mol. The molecule has 1 saturated heterocycles. The second kappa shape index (κ2) is 12.5. The van der Waals surface area contributed by atoms with Gasteiger partial charge in [-0.3, -0.25) is 0 Å². The van der Waals surface area contributed by atoms with E-state index < -0.39 is 6.10 Å². The molecule has 0 spiro atoms. The number of fused-ring (bicyclic) bond motifs is 1. The largest absolute Gasteiger partial charge is 0.491 e. The summed E-state index contributed by atoms with van der Waals surface area (Å²) in [7, 11) is 1.78. The zero-order valence-electron chi connectivity index (χ0n) is 24.7. The van der Waals surface area contributed by atoms with Crippen molar-refractivity contribution in [3.63, 3.8) is 0 Å². The van der Waals surface area contributed by atoms with E-state index in [9.17, 15) is 5.11 Å². The number of pyridine rings is 1. The first-order valence-electron chi connectivity index (χ1n) is 14.4. The number of likely N-dealkylation sites (N-methyl/N-ethyl adjacent to an activating group) is 1. The Hall–Kier alpha value is -3.77. The van der Waals surface area contributed by atoms with Crippen molar-refractivity contribution in [1.29, 1.82) is 0 Å². The molecule has 12 heteroatoms. The van der Waals surface area contributed by atoms with Gasteiger partial charge in [-0.05, 0) is 57.6 Å². The van der Waals surface area contributed by atoms with Crippen molar-refractivity contribution < 1.29 is 23.8 Å². The van der Waals surface area contributed by atoms with Crippen LogP contribution in [0.1, 0.15) is 34.7 Å². The van der Waals surface area contributed by atoms with E-state index in [1.807, 2.05) is 26.8 Å². The number of aromatic nitrogens is 4. The molecular weight excluding hydrogens is 572 g/mol.